The molecule has 2 aliphatic rings. The second kappa shape index (κ2) is 7.84. The quantitative estimate of drug-likeness (QED) is 0.828. The molecule has 0 bridgehead atoms. The fourth-order valence-electron chi connectivity index (χ4n) is 2.96. The van der Waals surface area contributed by atoms with Crippen molar-refractivity contribution in [1.82, 2.24) is 0 Å². The van der Waals surface area contributed by atoms with E-state index >= 15 is 0 Å². The first-order chi connectivity index (χ1) is 11.6. The van der Waals surface area contributed by atoms with Crippen LogP contribution in [-0.4, -0.2) is 53.3 Å². The Balaban J connectivity index is 1.76. The van der Waals surface area contributed by atoms with Crippen LogP contribution in [0, 0.1) is 0 Å². The summed E-state index contributed by atoms with van der Waals surface area (Å²) in [5, 5.41) is 10.7. The molecule has 0 spiro atoms. The third-order valence-electron chi connectivity index (χ3n) is 4.01. The van der Waals surface area contributed by atoms with Gasteiger partial charge in [0.15, 0.2) is 12.4 Å². The van der Waals surface area contributed by atoms with Gasteiger partial charge in [-0.2, -0.15) is 0 Å². The highest BCUT2D eigenvalue weighted by atomic mass is 32.2. The van der Waals surface area contributed by atoms with Crippen LogP contribution in [0.1, 0.15) is 25.7 Å². The van der Waals surface area contributed by atoms with E-state index in [2.05, 4.69) is 0 Å². The molecular weight excluding hydrogens is 332 g/mol. The molecule has 0 aromatic heterocycles. The molecule has 0 aliphatic carbocycles. The zero-order chi connectivity index (χ0) is 17.1. The van der Waals surface area contributed by atoms with Crippen molar-refractivity contribution in [3.63, 3.8) is 0 Å². The number of carbonyl (C=O) groups is 1. The summed E-state index contributed by atoms with van der Waals surface area (Å²) < 4.78 is 23.0. The Morgan fingerprint density at radius 2 is 2.08 bits per heavy atom. The number of thioether (sulfide) groups is 1. The normalized spacial score (nSPS) is 36.0. The molecule has 3 rings (SSSR count). The minimum atomic E-state index is -0.966. The Labute approximate surface area is 145 Å². The van der Waals surface area contributed by atoms with Crippen molar-refractivity contribution in [2.24, 2.45) is 0 Å². The van der Waals surface area contributed by atoms with Crippen LogP contribution in [0.25, 0.3) is 0 Å². The molecule has 1 aromatic carbocycles. The fourth-order valence-corrected chi connectivity index (χ4v) is 3.92. The van der Waals surface area contributed by atoms with Gasteiger partial charge < -0.3 is 24.1 Å². The topological polar surface area (TPSA) is 74.2 Å². The highest BCUT2D eigenvalue weighted by molar-refractivity contribution is 7.99. The Morgan fingerprint density at radius 1 is 1.33 bits per heavy atom. The van der Waals surface area contributed by atoms with Crippen LogP contribution in [0.15, 0.2) is 30.3 Å². The molecule has 2 aliphatic heterocycles. The monoisotopic (exact) mass is 354 g/mol. The molecular formula is C17H22O6S. The average Bonchev–Trinajstić information content (AvgIpc) is 2.59. The van der Waals surface area contributed by atoms with E-state index in [0.29, 0.717) is 6.61 Å². The molecule has 1 N–H and O–H groups in total. The van der Waals surface area contributed by atoms with Gasteiger partial charge in [-0.15, -0.1) is 11.8 Å². The predicted octanol–water partition coefficient (Wildman–Crippen LogP) is 1.87. The molecule has 2 fully saturated rings. The van der Waals surface area contributed by atoms with Crippen molar-refractivity contribution in [2.75, 3.05) is 12.4 Å². The maximum absolute atomic E-state index is 11.4. The second-order valence-electron chi connectivity index (χ2n) is 5.74. The largest absolute Gasteiger partial charge is 0.456 e. The standard InChI is InChI=1S/C17H22O6S/c1-3-24-17-15(21-10(2)18)13(19)14-12(22-17)9-20-16(23-14)11-7-5-4-6-8-11/h4-8,12-17,19H,3,9H2,1-2H3/t12-,13+,14-,15+,16-,17-/m1/s1. The number of esters is 1. The SMILES string of the molecule is CCS[C@H]1O[C@@H]2CO[C@@H](c3ccccc3)O[C@H]2[C@H](O)[C@@H]1OC(C)=O. The summed E-state index contributed by atoms with van der Waals surface area (Å²) in [6, 6.07) is 9.52. The highest BCUT2D eigenvalue weighted by Crippen LogP contribution is 2.37. The van der Waals surface area contributed by atoms with Crippen LogP contribution < -0.4 is 0 Å². The summed E-state index contributed by atoms with van der Waals surface area (Å²) in [5.74, 6) is 0.329. The van der Waals surface area contributed by atoms with E-state index in [-0.39, 0.29) is 0 Å². The fraction of sp³-hybridized carbons (Fsp3) is 0.588. The molecule has 2 saturated heterocycles. The molecule has 132 valence electrons. The summed E-state index contributed by atoms with van der Waals surface area (Å²) in [4.78, 5) is 11.4. The third kappa shape index (κ3) is 3.75. The Kier molecular flexibility index (Phi) is 5.78. The molecule has 6 nitrogen and oxygen atoms in total. The van der Waals surface area contributed by atoms with Crippen LogP contribution in [0.3, 0.4) is 0 Å². The van der Waals surface area contributed by atoms with E-state index < -0.39 is 42.1 Å². The molecule has 24 heavy (non-hydrogen) atoms. The van der Waals surface area contributed by atoms with Gasteiger partial charge in [-0.1, -0.05) is 37.3 Å². The van der Waals surface area contributed by atoms with E-state index in [1.54, 1.807) is 0 Å². The van der Waals surface area contributed by atoms with Gasteiger partial charge in [-0.3, -0.25) is 4.79 Å². The smallest absolute Gasteiger partial charge is 0.303 e. The molecule has 0 radical (unpaired) electrons. The van der Waals surface area contributed by atoms with Crippen LogP contribution in [0.5, 0.6) is 0 Å². The van der Waals surface area contributed by atoms with Crippen LogP contribution in [0.2, 0.25) is 0 Å². The Bertz CT molecular complexity index is 553. The number of rotatable bonds is 4. The lowest BCUT2D eigenvalue weighted by molar-refractivity contribution is -0.319. The summed E-state index contributed by atoms with van der Waals surface area (Å²) in [6.07, 6.45) is -3.30. The molecule has 2 heterocycles. The lowest BCUT2D eigenvalue weighted by Gasteiger charge is -2.47. The first-order valence-electron chi connectivity index (χ1n) is 8.04. The van der Waals surface area contributed by atoms with Crippen LogP contribution >= 0.6 is 11.8 Å². The number of carbonyl (C=O) groups excluding carboxylic acids is 1. The van der Waals surface area contributed by atoms with Crippen LogP contribution in [-0.2, 0) is 23.7 Å². The van der Waals surface area contributed by atoms with Crippen molar-refractivity contribution in [3.8, 4) is 0 Å². The number of aliphatic hydroxyl groups excluding tert-OH is 1. The highest BCUT2D eigenvalue weighted by Gasteiger charge is 2.50. The van der Waals surface area contributed by atoms with Gasteiger partial charge in [-0.05, 0) is 5.75 Å². The number of hydrogen-bond acceptors (Lipinski definition) is 7. The lowest BCUT2D eigenvalue weighted by atomic mass is 9.98. The summed E-state index contributed by atoms with van der Waals surface area (Å²) in [6.45, 7) is 3.62. The van der Waals surface area contributed by atoms with Gasteiger partial charge in [0.05, 0.1) is 6.61 Å². The number of hydrogen-bond donors (Lipinski definition) is 1. The van der Waals surface area contributed by atoms with E-state index in [1.165, 1.54) is 18.7 Å². The zero-order valence-electron chi connectivity index (χ0n) is 13.7. The van der Waals surface area contributed by atoms with Crippen molar-refractivity contribution < 1.29 is 28.8 Å². The van der Waals surface area contributed by atoms with Crippen molar-refractivity contribution >= 4 is 17.7 Å². The molecule has 0 unspecified atom stereocenters. The molecule has 0 saturated carbocycles. The maximum atomic E-state index is 11.4. The first-order valence-corrected chi connectivity index (χ1v) is 9.09. The number of fused-ring (bicyclic) bond motifs is 1. The predicted molar refractivity (Wildman–Crippen MR) is 88.4 cm³/mol. The second-order valence-corrected chi connectivity index (χ2v) is 7.11. The van der Waals surface area contributed by atoms with Gasteiger partial charge in [0.1, 0.15) is 23.7 Å². The Morgan fingerprint density at radius 3 is 2.75 bits per heavy atom. The number of aliphatic hydroxyl groups is 1. The van der Waals surface area contributed by atoms with E-state index in [4.69, 9.17) is 18.9 Å². The van der Waals surface area contributed by atoms with Crippen molar-refractivity contribution in [2.45, 2.75) is 50.0 Å². The molecule has 7 heteroatoms. The number of benzene rings is 1. The van der Waals surface area contributed by atoms with E-state index in [0.717, 1.165) is 11.3 Å². The Hall–Kier alpha value is -1.12. The van der Waals surface area contributed by atoms with Crippen LogP contribution in [0.4, 0.5) is 0 Å². The van der Waals surface area contributed by atoms with Gasteiger partial charge in [0, 0.05) is 12.5 Å². The first kappa shape index (κ1) is 17.7. The molecule has 0 amide bonds. The van der Waals surface area contributed by atoms with Gasteiger partial charge in [0.25, 0.3) is 0 Å². The van der Waals surface area contributed by atoms with Crippen molar-refractivity contribution in [3.05, 3.63) is 35.9 Å². The average molecular weight is 354 g/mol. The van der Waals surface area contributed by atoms with Gasteiger partial charge >= 0.3 is 5.97 Å². The maximum Gasteiger partial charge on any atom is 0.303 e. The summed E-state index contributed by atoms with van der Waals surface area (Å²) in [5.41, 5.74) is 0.438. The zero-order valence-corrected chi connectivity index (χ0v) is 14.5. The number of ether oxygens (including phenoxy) is 4. The molecule has 6 atom stereocenters. The summed E-state index contributed by atoms with van der Waals surface area (Å²) >= 11 is 1.49. The van der Waals surface area contributed by atoms with Gasteiger partial charge in [-0.25, -0.2) is 0 Å². The van der Waals surface area contributed by atoms with Crippen molar-refractivity contribution in [1.29, 1.82) is 0 Å². The summed E-state index contributed by atoms with van der Waals surface area (Å²) in [7, 11) is 0. The lowest BCUT2D eigenvalue weighted by Crippen LogP contribution is -2.61. The minimum absolute atomic E-state index is 0.314. The molecule has 1 aromatic rings. The van der Waals surface area contributed by atoms with E-state index in [1.807, 2.05) is 37.3 Å². The van der Waals surface area contributed by atoms with Gasteiger partial charge in [0.2, 0.25) is 0 Å². The third-order valence-corrected chi connectivity index (χ3v) is 5.06. The minimum Gasteiger partial charge on any atom is -0.456 e. The van der Waals surface area contributed by atoms with E-state index in [9.17, 15) is 9.90 Å².